The Labute approximate surface area is 136 Å². The maximum Gasteiger partial charge on any atom is 0.138 e. The number of aromatic nitrogens is 2. The first-order valence-electron chi connectivity index (χ1n) is 7.33. The summed E-state index contributed by atoms with van der Waals surface area (Å²) >= 11 is 3.46. The van der Waals surface area contributed by atoms with Gasteiger partial charge in [0, 0.05) is 29.8 Å². The molecule has 1 aliphatic carbocycles. The highest BCUT2D eigenvalue weighted by atomic mass is 79.9. The molecule has 2 aromatic heterocycles. The first-order valence-corrected chi connectivity index (χ1v) is 8.12. The molecule has 0 amide bonds. The fourth-order valence-corrected chi connectivity index (χ4v) is 3.45. The van der Waals surface area contributed by atoms with Crippen molar-refractivity contribution < 1.29 is 5.11 Å². The molecule has 0 aliphatic heterocycles. The average molecular weight is 358 g/mol. The summed E-state index contributed by atoms with van der Waals surface area (Å²) < 4.78 is 3.02. The molecule has 0 saturated heterocycles. The summed E-state index contributed by atoms with van der Waals surface area (Å²) in [4.78, 5) is 4.60. The van der Waals surface area contributed by atoms with Crippen LogP contribution in [0.25, 0.3) is 5.65 Å². The van der Waals surface area contributed by atoms with Gasteiger partial charge in [0.25, 0.3) is 0 Å². The maximum absolute atomic E-state index is 10.3. The van der Waals surface area contributed by atoms with Crippen LogP contribution in [0.15, 0.2) is 53.3 Å². The molecule has 0 fully saturated rings. The monoisotopic (exact) mass is 357 g/mol. The number of pyridine rings is 1. The van der Waals surface area contributed by atoms with Crippen molar-refractivity contribution >= 4 is 21.6 Å². The molecule has 2 unspecified atom stereocenters. The minimum atomic E-state index is -0.372. The second-order valence-electron chi connectivity index (χ2n) is 5.67. The Morgan fingerprint density at radius 1 is 1.32 bits per heavy atom. The van der Waals surface area contributed by atoms with Crippen LogP contribution in [-0.4, -0.2) is 20.6 Å². The van der Waals surface area contributed by atoms with Crippen molar-refractivity contribution in [2.75, 3.05) is 0 Å². The van der Waals surface area contributed by atoms with E-state index in [-0.39, 0.29) is 12.1 Å². The van der Waals surface area contributed by atoms with Gasteiger partial charge in [-0.2, -0.15) is 0 Å². The van der Waals surface area contributed by atoms with E-state index in [0.717, 1.165) is 15.8 Å². The molecule has 2 N–H and O–H groups in total. The lowest BCUT2D eigenvalue weighted by Crippen LogP contribution is -2.28. The Bertz CT molecular complexity index is 830. The van der Waals surface area contributed by atoms with E-state index in [1.54, 1.807) is 0 Å². The molecule has 22 heavy (non-hydrogen) atoms. The van der Waals surface area contributed by atoms with Gasteiger partial charge in [0.2, 0.25) is 0 Å². The SMILES string of the molecule is OC1Cc2ccccc2C1NCc1cn2ccc(Br)cc2n1. The first kappa shape index (κ1) is 13.9. The molecule has 112 valence electrons. The molecule has 0 radical (unpaired) electrons. The normalized spacial score (nSPS) is 20.5. The summed E-state index contributed by atoms with van der Waals surface area (Å²) in [5.74, 6) is 0. The lowest BCUT2D eigenvalue weighted by molar-refractivity contribution is 0.140. The Hall–Kier alpha value is -1.69. The predicted molar refractivity (Wildman–Crippen MR) is 88.6 cm³/mol. The second kappa shape index (κ2) is 5.50. The van der Waals surface area contributed by atoms with Gasteiger partial charge in [-0.25, -0.2) is 4.98 Å². The number of hydrogen-bond acceptors (Lipinski definition) is 3. The van der Waals surface area contributed by atoms with Crippen LogP contribution in [0.1, 0.15) is 22.9 Å². The molecule has 1 aliphatic rings. The molecule has 2 atom stereocenters. The van der Waals surface area contributed by atoms with Crippen LogP contribution in [-0.2, 0) is 13.0 Å². The minimum Gasteiger partial charge on any atom is -0.391 e. The zero-order valence-corrected chi connectivity index (χ0v) is 13.5. The smallest absolute Gasteiger partial charge is 0.138 e. The number of rotatable bonds is 3. The number of benzene rings is 1. The molecule has 0 saturated carbocycles. The van der Waals surface area contributed by atoms with Crippen LogP contribution in [0.3, 0.4) is 0 Å². The van der Waals surface area contributed by atoms with Crippen molar-refractivity contribution in [3.8, 4) is 0 Å². The van der Waals surface area contributed by atoms with E-state index in [4.69, 9.17) is 0 Å². The topological polar surface area (TPSA) is 49.6 Å². The molecule has 0 bridgehead atoms. The van der Waals surface area contributed by atoms with Crippen LogP contribution < -0.4 is 5.32 Å². The predicted octanol–water partition coefficient (Wildman–Crippen LogP) is 2.84. The molecule has 4 nitrogen and oxygen atoms in total. The molecule has 3 aromatic rings. The molecule has 4 rings (SSSR count). The van der Waals surface area contributed by atoms with Crippen molar-refractivity contribution in [1.29, 1.82) is 0 Å². The van der Waals surface area contributed by atoms with Crippen molar-refractivity contribution in [2.24, 2.45) is 0 Å². The van der Waals surface area contributed by atoms with Crippen LogP contribution in [0.4, 0.5) is 0 Å². The third-order valence-electron chi connectivity index (χ3n) is 4.18. The molecular weight excluding hydrogens is 342 g/mol. The van der Waals surface area contributed by atoms with Crippen LogP contribution in [0.2, 0.25) is 0 Å². The molecule has 2 heterocycles. The highest BCUT2D eigenvalue weighted by Crippen LogP contribution is 2.31. The van der Waals surface area contributed by atoms with Crippen molar-refractivity contribution in [3.05, 3.63) is 70.1 Å². The van der Waals surface area contributed by atoms with Gasteiger partial charge in [0.1, 0.15) is 5.65 Å². The number of aliphatic hydroxyl groups is 1. The van der Waals surface area contributed by atoms with Crippen LogP contribution in [0, 0.1) is 0 Å². The summed E-state index contributed by atoms with van der Waals surface area (Å²) in [6, 6.07) is 12.2. The highest BCUT2D eigenvalue weighted by molar-refractivity contribution is 9.10. The number of imidazole rings is 1. The molecule has 5 heteroatoms. The zero-order chi connectivity index (χ0) is 15.1. The standard InChI is InChI=1S/C17H16BrN3O/c18-12-5-6-21-10-13(20-16(21)8-12)9-19-17-14-4-2-1-3-11(14)7-15(17)22/h1-6,8,10,15,17,19,22H,7,9H2. The Morgan fingerprint density at radius 2 is 2.18 bits per heavy atom. The number of halogens is 1. The average Bonchev–Trinajstić information content (AvgIpc) is 3.04. The fraction of sp³-hybridized carbons (Fsp3) is 0.235. The lowest BCUT2D eigenvalue weighted by atomic mass is 10.1. The highest BCUT2D eigenvalue weighted by Gasteiger charge is 2.30. The van der Waals surface area contributed by atoms with Gasteiger partial charge in [0.15, 0.2) is 0 Å². The fourth-order valence-electron chi connectivity index (χ4n) is 3.13. The number of aliphatic hydroxyl groups excluding tert-OH is 1. The second-order valence-corrected chi connectivity index (χ2v) is 6.59. The van der Waals surface area contributed by atoms with E-state index in [1.807, 2.05) is 41.1 Å². The largest absolute Gasteiger partial charge is 0.391 e. The van der Waals surface area contributed by atoms with Gasteiger partial charge in [-0.1, -0.05) is 40.2 Å². The van der Waals surface area contributed by atoms with Gasteiger partial charge < -0.3 is 14.8 Å². The van der Waals surface area contributed by atoms with Gasteiger partial charge in [0.05, 0.1) is 17.8 Å². The lowest BCUT2D eigenvalue weighted by Gasteiger charge is -2.17. The summed E-state index contributed by atoms with van der Waals surface area (Å²) in [5.41, 5.74) is 4.31. The van der Waals surface area contributed by atoms with E-state index >= 15 is 0 Å². The quantitative estimate of drug-likeness (QED) is 0.757. The van der Waals surface area contributed by atoms with Gasteiger partial charge in [-0.3, -0.25) is 0 Å². The number of nitrogens with one attached hydrogen (secondary N) is 1. The van der Waals surface area contributed by atoms with E-state index in [2.05, 4.69) is 38.4 Å². The minimum absolute atomic E-state index is 0.0206. The van der Waals surface area contributed by atoms with Crippen LogP contribution in [0.5, 0.6) is 0 Å². The third kappa shape index (κ3) is 2.45. The van der Waals surface area contributed by atoms with Gasteiger partial charge >= 0.3 is 0 Å². The summed E-state index contributed by atoms with van der Waals surface area (Å²) in [6.07, 6.45) is 4.34. The van der Waals surface area contributed by atoms with E-state index in [1.165, 1.54) is 11.1 Å². The number of fused-ring (bicyclic) bond motifs is 2. The van der Waals surface area contributed by atoms with Crippen molar-refractivity contribution in [2.45, 2.75) is 25.1 Å². The summed E-state index contributed by atoms with van der Waals surface area (Å²) in [6.45, 7) is 0.634. The Balaban J connectivity index is 1.54. The van der Waals surface area contributed by atoms with Crippen molar-refractivity contribution in [1.82, 2.24) is 14.7 Å². The summed E-state index contributed by atoms with van der Waals surface area (Å²) in [7, 11) is 0. The van der Waals surface area contributed by atoms with Gasteiger partial charge in [-0.05, 0) is 23.3 Å². The zero-order valence-electron chi connectivity index (χ0n) is 11.9. The molecule has 0 spiro atoms. The molecular formula is C17H16BrN3O. The van der Waals surface area contributed by atoms with Gasteiger partial charge in [-0.15, -0.1) is 0 Å². The third-order valence-corrected chi connectivity index (χ3v) is 4.67. The van der Waals surface area contributed by atoms with Crippen molar-refractivity contribution in [3.63, 3.8) is 0 Å². The number of hydrogen-bond donors (Lipinski definition) is 2. The Kier molecular flexibility index (Phi) is 3.48. The molecule has 1 aromatic carbocycles. The first-order chi connectivity index (χ1) is 10.7. The maximum atomic E-state index is 10.3. The van der Waals surface area contributed by atoms with Crippen LogP contribution >= 0.6 is 15.9 Å². The Morgan fingerprint density at radius 3 is 3.09 bits per heavy atom. The van der Waals surface area contributed by atoms with E-state index < -0.39 is 0 Å². The van der Waals surface area contributed by atoms with E-state index in [9.17, 15) is 5.11 Å². The number of nitrogens with zero attached hydrogens (tertiary/aromatic N) is 2. The van der Waals surface area contributed by atoms with E-state index in [0.29, 0.717) is 13.0 Å². The summed E-state index contributed by atoms with van der Waals surface area (Å²) in [5, 5.41) is 13.7.